The van der Waals surface area contributed by atoms with E-state index in [9.17, 15) is 47.9 Å². The van der Waals surface area contributed by atoms with E-state index in [-0.39, 0.29) is 281 Å². The van der Waals surface area contributed by atoms with Crippen molar-refractivity contribution >= 4 is 60.0 Å². The maximum absolute atomic E-state index is 10.6. The number of carbonyl (C=O) groups excluding carboxylic acids is 1. The first-order chi connectivity index (χ1) is 48.8. The predicted octanol–water partition coefficient (Wildman–Crippen LogP) is 18.3. The van der Waals surface area contributed by atoms with E-state index in [4.69, 9.17) is 105 Å². The molecule has 1 saturated heterocycles. The van der Waals surface area contributed by atoms with Crippen molar-refractivity contribution in [3.63, 3.8) is 0 Å². The summed E-state index contributed by atoms with van der Waals surface area (Å²) < 4.78 is 16.0. The second kappa shape index (κ2) is 70.8. The van der Waals surface area contributed by atoms with Crippen LogP contribution in [-0.2, 0) is 189 Å². The molecule has 3 unspecified atom stereocenters. The summed E-state index contributed by atoms with van der Waals surface area (Å²) >= 11 is 0. The Hall–Kier alpha value is -2.79. The summed E-state index contributed by atoms with van der Waals surface area (Å²) in [5, 5.41) is 92.7. The number of aldehydes is 1. The van der Waals surface area contributed by atoms with Gasteiger partial charge in [-0.2, -0.15) is 29.8 Å². The SMILES string of the molecule is C=C(O)CC(=O)O.C=C1OCC(O)=C1C=O.CC(C)C1(C)OC(C[NH-])C(C[NH-])O1.CC(CC(=O)O)C(=O)O.CC1CC(C(=O)O)(C(=O)O)C1.CC1CC(C(=O)O)(C(=O)O)C1.O=C(O)C1(C(=O)O)CCCC1.[CH2-]C1CCCC1.[CH2-][C@@H]1CCCC[C@H]1[NH-].[CH2-][C@@H]1CCCC[C@H]1[NH-].[NH-]C1CCCC1.[NH-]C1CCCC1.[NH2-].[NH2-].[NH2-].[Pt+2].[Pt+2].[Pt+2].[Pt+2].[Pt+2].[Pt+2]. The van der Waals surface area contributed by atoms with Crippen LogP contribution in [0.25, 0.3) is 52.9 Å². The Bertz CT molecular complexity index is 2550. The largest absolute Gasteiger partial charge is 2.00 e. The number of carboxylic acids is 9. The van der Waals surface area contributed by atoms with E-state index < -0.39 is 81.7 Å². The van der Waals surface area contributed by atoms with E-state index in [1.54, 1.807) is 0 Å². The molecule has 8 aliphatic carbocycles. The van der Waals surface area contributed by atoms with Crippen molar-refractivity contribution in [1.82, 2.24) is 0 Å². The maximum atomic E-state index is 10.6. The van der Waals surface area contributed by atoms with Gasteiger partial charge in [0.05, 0.1) is 35.9 Å². The fourth-order valence-corrected chi connectivity index (χ4v) is 12.4. The van der Waals surface area contributed by atoms with Crippen LogP contribution in [0.3, 0.4) is 0 Å². The third-order valence-electron chi connectivity index (χ3n) is 19.7. The molecule has 2 aliphatic heterocycles. The normalized spacial score (nSPS) is 23.5. The summed E-state index contributed by atoms with van der Waals surface area (Å²) in [5.41, 5.74) is 39.4. The summed E-state index contributed by atoms with van der Waals surface area (Å²) in [5.74, 6) is -9.57. The summed E-state index contributed by atoms with van der Waals surface area (Å²) in [6.07, 6.45) is 27.4. The van der Waals surface area contributed by atoms with E-state index in [1.165, 1.54) is 96.8 Å². The molecule has 10 rings (SSSR count). The Morgan fingerprint density at radius 2 is 0.798 bits per heavy atom. The van der Waals surface area contributed by atoms with Crippen LogP contribution in [0.4, 0.5) is 0 Å². The van der Waals surface area contributed by atoms with Crippen molar-refractivity contribution in [3.8, 4) is 0 Å². The van der Waals surface area contributed by atoms with Crippen molar-refractivity contribution in [2.24, 2.45) is 57.7 Å². The van der Waals surface area contributed by atoms with Gasteiger partial charge in [0.25, 0.3) is 0 Å². The number of hydrogen-bond acceptors (Lipinski definition) is 15. The number of carboxylic acid groups (broad SMARTS) is 9. The van der Waals surface area contributed by atoms with Gasteiger partial charge in [-0.3, -0.25) is 47.9 Å². The number of carbonyl (C=O) groups is 10. The van der Waals surface area contributed by atoms with Crippen molar-refractivity contribution in [1.29, 1.82) is 0 Å². The number of hydrogen-bond donors (Lipinski definition) is 11. The third kappa shape index (κ3) is 52.4. The average Bonchev–Trinajstić information content (AvgIpc) is 1.59. The Kier molecular flexibility index (Phi) is 83.6. The van der Waals surface area contributed by atoms with Crippen molar-refractivity contribution < 1.29 is 245 Å². The maximum Gasteiger partial charge on any atom is 2.00 e. The fraction of sp³-hybridized carbons (Fsp3) is 0.747. The van der Waals surface area contributed by atoms with Gasteiger partial charge in [-0.05, 0) is 57.3 Å². The van der Waals surface area contributed by atoms with Crippen molar-refractivity contribution in [3.05, 3.63) is 110 Å². The first-order valence-electron chi connectivity index (χ1n) is 36.4. The number of allylic oxidation sites excluding steroid dienone is 1. The number of rotatable bonds is 15. The number of nitrogens with two attached hydrogens (primary N) is 3. The molecule has 0 radical (unpaired) electrons. The van der Waals surface area contributed by atoms with E-state index in [0.29, 0.717) is 43.0 Å². The molecule has 114 heavy (non-hydrogen) atoms. The van der Waals surface area contributed by atoms with Crippen LogP contribution in [-0.4, -0.2) is 178 Å². The number of aliphatic hydroxyl groups excluding tert-OH is 2. The molecule has 0 aromatic heterocycles. The van der Waals surface area contributed by atoms with Crippen LogP contribution < -0.4 is 0 Å². The molecule has 0 amide bonds. The van der Waals surface area contributed by atoms with Gasteiger partial charge in [0, 0.05) is 5.92 Å². The average molecular weight is 2710 g/mol. The predicted molar refractivity (Wildman–Crippen MR) is 411 cm³/mol. The molecule has 0 aromatic carbocycles. The number of nitrogens with one attached hydrogen (secondary N) is 6. The molecule has 8 saturated carbocycles. The molecular formula is C75H131N9O24Pt6. The molecule has 33 nitrogen and oxygen atoms in total. The summed E-state index contributed by atoms with van der Waals surface area (Å²) in [7, 11) is 0. The first kappa shape index (κ1) is 135. The van der Waals surface area contributed by atoms with E-state index in [1.807, 2.05) is 34.6 Å². The van der Waals surface area contributed by atoms with Crippen LogP contribution in [0.1, 0.15) is 234 Å². The zero-order chi connectivity index (χ0) is 81.2. The molecule has 0 spiro atoms. The van der Waals surface area contributed by atoms with E-state index in [2.05, 4.69) is 33.9 Å². The Morgan fingerprint density at radius 3 is 0.921 bits per heavy atom. The van der Waals surface area contributed by atoms with Gasteiger partial charge in [0.2, 0.25) is 0 Å². The number of aliphatic carboxylic acids is 9. The molecule has 2 heterocycles. The van der Waals surface area contributed by atoms with Gasteiger partial charge in [-0.15, -0.1) is 25.2 Å². The van der Waals surface area contributed by atoms with Gasteiger partial charge in [-0.1, -0.05) is 189 Å². The monoisotopic (exact) mass is 2710 g/mol. The minimum Gasteiger partial charge on any atom is -0.693 e. The van der Waals surface area contributed by atoms with Crippen LogP contribution >= 0.6 is 0 Å². The minimum atomic E-state index is -1.47. The van der Waals surface area contributed by atoms with E-state index >= 15 is 0 Å². The molecule has 7 atom stereocenters. The number of ether oxygens (including phenoxy) is 3. The quantitative estimate of drug-likeness (QED) is 0.0314. The van der Waals surface area contributed by atoms with Gasteiger partial charge >= 0.3 is 180 Å². The summed E-state index contributed by atoms with van der Waals surface area (Å²) in [6, 6.07) is 0.877. The Labute approximate surface area is 761 Å². The molecular weight excluding hydrogens is 2580 g/mol. The Morgan fingerprint density at radius 1 is 0.500 bits per heavy atom. The number of aliphatic hydroxyl groups is 2. The van der Waals surface area contributed by atoms with Crippen LogP contribution in [0.2, 0.25) is 0 Å². The molecule has 39 heteroatoms. The molecule has 680 valence electrons. The Balaban J connectivity index is -0.000000113. The van der Waals surface area contributed by atoms with Crippen LogP contribution in [0.5, 0.6) is 0 Å². The second-order valence-electron chi connectivity index (χ2n) is 29.3. The standard InChI is InChI=1S/C9H18N2O2.2C7H13N.3C7H10O4.C6H6O3.C6H11.2C5H10N.C5H8O4.C4H6O3.3H2N.6Pt/c1-6(2)9(3)12-7(4-10)8(5-11)13-9;2*1-6-4-2-3-5-7(6)8;2*1-4-2-7(3-4,5(8)9)6(10)11;8-5(9)7(6(10)11)3-1-2-4-7;1-4-5(2-7)6(8)3-9-4;1-6-4-2-3-5-6;2*6-5-3-1-2-4-5;1-3(5(8)9)2-4(6)7;1-3(5)2-4(6)7;;;;;;;;;/h6-8,10-11H,4-5H2,1-3H3;2*6-8H,1-5H2;2*4H,2-3H2,1H3,(H,8,9)(H,10,11);1-4H2,(H,8,9)(H,10,11);2,8H,1,3H2;6H,1-5H2;2*5-6H,1-4H2;3H,2H2,1H3,(H,6,7)(H,8,9);5H,1-2H2,(H,6,7);3*1H2;;;;;;/q3*-2;;;;;3*-1;;;3*-1;6*+2/t;2*6-,7-;;;;;;;;;;;;;;;;;;/m.11................../s1. The minimum absolute atomic E-state index is 0. The molecule has 9 fully saturated rings. The van der Waals surface area contributed by atoms with Gasteiger partial charge in [-0.25, -0.2) is 0 Å². The van der Waals surface area contributed by atoms with Gasteiger partial charge < -0.3 is 144 Å². The van der Waals surface area contributed by atoms with E-state index in [0.717, 1.165) is 44.4 Å². The zero-order valence-corrected chi connectivity index (χ0v) is 79.9. The summed E-state index contributed by atoms with van der Waals surface area (Å²) in [4.78, 5) is 103. The van der Waals surface area contributed by atoms with Crippen LogP contribution in [0.15, 0.2) is 36.0 Å². The van der Waals surface area contributed by atoms with Gasteiger partial charge in [0.15, 0.2) is 28.3 Å². The zero-order valence-electron chi connectivity index (χ0n) is 66.3. The molecule has 0 bridgehead atoms. The molecule has 10 aliphatic rings. The van der Waals surface area contributed by atoms with Gasteiger partial charge in [0.1, 0.15) is 24.5 Å². The third-order valence-corrected chi connectivity index (χ3v) is 19.7. The van der Waals surface area contributed by atoms with Crippen molar-refractivity contribution in [2.75, 3.05) is 19.7 Å². The van der Waals surface area contributed by atoms with Crippen LogP contribution in [0, 0.1) is 78.4 Å². The second-order valence-corrected chi connectivity index (χ2v) is 29.3. The topological polar surface area (TPSA) is 664 Å². The summed E-state index contributed by atoms with van der Waals surface area (Å²) in [6.45, 7) is 29.5. The molecule has 23 N–H and O–H groups in total. The fourth-order valence-electron chi connectivity index (χ4n) is 12.4. The molecule has 0 aromatic rings. The first-order valence-corrected chi connectivity index (χ1v) is 36.4. The van der Waals surface area contributed by atoms with Crippen molar-refractivity contribution in [2.45, 2.75) is 276 Å². The smallest absolute Gasteiger partial charge is 0.693 e.